The maximum Gasteiger partial charge on any atom is 0.222 e. The van der Waals surface area contributed by atoms with E-state index in [0.29, 0.717) is 11.4 Å². The quantitative estimate of drug-likeness (QED) is 0.857. The van der Waals surface area contributed by atoms with Gasteiger partial charge in [0.2, 0.25) is 5.95 Å². The van der Waals surface area contributed by atoms with E-state index in [2.05, 4.69) is 25.1 Å². The fourth-order valence-electron chi connectivity index (χ4n) is 2.30. The second-order valence-corrected chi connectivity index (χ2v) is 4.48. The maximum absolute atomic E-state index is 5.80. The Morgan fingerprint density at radius 2 is 2.11 bits per heavy atom. The fraction of sp³-hybridized carbons (Fsp3) is 0.417. The number of nitrogens with two attached hydrogens (primary N) is 1. The molecule has 3 N–H and O–H groups in total. The summed E-state index contributed by atoms with van der Waals surface area (Å²) < 4.78 is 5.24. The number of rotatable bonds is 3. The molecular formula is C12H16N6O. The molecule has 0 bridgehead atoms. The smallest absolute Gasteiger partial charge is 0.222 e. The molecule has 0 saturated carbocycles. The zero-order chi connectivity index (χ0) is 13.2. The molecule has 3 heterocycles. The van der Waals surface area contributed by atoms with Crippen LogP contribution in [0.25, 0.3) is 11.4 Å². The van der Waals surface area contributed by atoms with E-state index >= 15 is 0 Å². The lowest BCUT2D eigenvalue weighted by Crippen LogP contribution is -2.19. The third-order valence-corrected chi connectivity index (χ3v) is 3.24. The second kappa shape index (κ2) is 4.75. The predicted octanol–water partition coefficient (Wildman–Crippen LogP) is 1.06. The van der Waals surface area contributed by atoms with Crippen LogP contribution in [0.15, 0.2) is 12.3 Å². The number of ether oxygens (including phenoxy) is 1. The molecule has 2 aromatic rings. The number of nitrogens with one attached hydrogen (secondary N) is 1. The van der Waals surface area contributed by atoms with Crippen LogP contribution in [0, 0.1) is 0 Å². The van der Waals surface area contributed by atoms with Crippen LogP contribution in [0.3, 0.4) is 0 Å². The number of methoxy groups -OCH3 is 1. The first-order valence-electron chi connectivity index (χ1n) is 6.25. The zero-order valence-corrected chi connectivity index (χ0v) is 10.8. The average molecular weight is 260 g/mol. The molecule has 19 heavy (non-hydrogen) atoms. The fourth-order valence-corrected chi connectivity index (χ4v) is 2.30. The van der Waals surface area contributed by atoms with Crippen LogP contribution < -0.4 is 15.4 Å². The predicted molar refractivity (Wildman–Crippen MR) is 72.0 cm³/mol. The zero-order valence-electron chi connectivity index (χ0n) is 10.8. The van der Waals surface area contributed by atoms with Gasteiger partial charge in [0.05, 0.1) is 19.0 Å². The van der Waals surface area contributed by atoms with Crippen LogP contribution >= 0.6 is 0 Å². The van der Waals surface area contributed by atoms with Gasteiger partial charge in [-0.1, -0.05) is 0 Å². The third kappa shape index (κ3) is 2.18. The minimum atomic E-state index is 0.260. The SMILES string of the molecule is COc1cn[nH]c1-c1cc(N2CCCC2)nc(N)n1. The summed E-state index contributed by atoms with van der Waals surface area (Å²) in [4.78, 5) is 10.8. The van der Waals surface area contributed by atoms with Crippen molar-refractivity contribution < 1.29 is 4.74 Å². The second-order valence-electron chi connectivity index (χ2n) is 4.48. The Labute approximate surface area is 110 Å². The molecule has 0 unspecified atom stereocenters. The minimum absolute atomic E-state index is 0.260. The van der Waals surface area contributed by atoms with E-state index in [0.717, 1.165) is 24.6 Å². The van der Waals surface area contributed by atoms with Crippen LogP contribution in [-0.4, -0.2) is 40.4 Å². The molecule has 0 amide bonds. The lowest BCUT2D eigenvalue weighted by molar-refractivity contribution is 0.416. The Balaban J connectivity index is 2.02. The van der Waals surface area contributed by atoms with Crippen LogP contribution in [-0.2, 0) is 0 Å². The first-order valence-corrected chi connectivity index (χ1v) is 6.25. The van der Waals surface area contributed by atoms with Crippen molar-refractivity contribution in [3.8, 4) is 17.1 Å². The Morgan fingerprint density at radius 3 is 2.84 bits per heavy atom. The Kier molecular flexibility index (Phi) is 2.94. The van der Waals surface area contributed by atoms with Crippen molar-refractivity contribution in [1.82, 2.24) is 20.2 Å². The summed E-state index contributed by atoms with van der Waals surface area (Å²) in [6.07, 6.45) is 3.99. The lowest BCUT2D eigenvalue weighted by atomic mass is 10.2. The highest BCUT2D eigenvalue weighted by molar-refractivity contribution is 5.66. The van der Waals surface area contributed by atoms with Gasteiger partial charge in [-0.15, -0.1) is 0 Å². The Hall–Kier alpha value is -2.31. The molecule has 7 nitrogen and oxygen atoms in total. The van der Waals surface area contributed by atoms with Crippen LogP contribution in [0.4, 0.5) is 11.8 Å². The first-order chi connectivity index (χ1) is 9.28. The number of nitrogen functional groups attached to an aromatic ring is 1. The van der Waals surface area contributed by atoms with E-state index < -0.39 is 0 Å². The lowest BCUT2D eigenvalue weighted by Gasteiger charge is -2.17. The molecule has 1 aliphatic rings. The van der Waals surface area contributed by atoms with Crippen molar-refractivity contribution >= 4 is 11.8 Å². The number of aromatic nitrogens is 4. The maximum atomic E-state index is 5.80. The van der Waals surface area contributed by atoms with Crippen LogP contribution in [0.2, 0.25) is 0 Å². The molecule has 1 fully saturated rings. The van der Waals surface area contributed by atoms with Gasteiger partial charge in [0, 0.05) is 19.2 Å². The number of nitrogens with zero attached hydrogens (tertiary/aromatic N) is 4. The van der Waals surface area contributed by atoms with E-state index in [1.54, 1.807) is 13.3 Å². The van der Waals surface area contributed by atoms with Gasteiger partial charge < -0.3 is 15.4 Å². The van der Waals surface area contributed by atoms with Gasteiger partial charge in [-0.2, -0.15) is 10.1 Å². The van der Waals surface area contributed by atoms with Gasteiger partial charge in [-0.25, -0.2) is 4.98 Å². The molecule has 1 aliphatic heterocycles. The molecule has 0 aliphatic carbocycles. The summed E-state index contributed by atoms with van der Waals surface area (Å²) in [7, 11) is 1.60. The molecule has 0 aromatic carbocycles. The van der Waals surface area contributed by atoms with Gasteiger partial charge in [0.1, 0.15) is 11.5 Å². The van der Waals surface area contributed by atoms with Crippen molar-refractivity contribution in [2.75, 3.05) is 30.8 Å². The highest BCUT2D eigenvalue weighted by Gasteiger charge is 2.17. The molecule has 0 atom stereocenters. The van der Waals surface area contributed by atoms with Crippen molar-refractivity contribution in [2.24, 2.45) is 0 Å². The Morgan fingerprint density at radius 1 is 1.32 bits per heavy atom. The number of hydrogen-bond donors (Lipinski definition) is 2. The van der Waals surface area contributed by atoms with Gasteiger partial charge in [-0.05, 0) is 12.8 Å². The van der Waals surface area contributed by atoms with E-state index in [1.807, 2.05) is 6.07 Å². The van der Waals surface area contributed by atoms with Crippen LogP contribution in [0.5, 0.6) is 5.75 Å². The van der Waals surface area contributed by atoms with E-state index in [-0.39, 0.29) is 5.95 Å². The van der Waals surface area contributed by atoms with Crippen LogP contribution in [0.1, 0.15) is 12.8 Å². The standard InChI is InChI=1S/C12H16N6O/c1-19-9-7-14-17-11(9)8-6-10(16-12(13)15-8)18-4-2-3-5-18/h6-7H,2-5H2,1H3,(H,14,17)(H2,13,15,16). The third-order valence-electron chi connectivity index (χ3n) is 3.24. The van der Waals surface area contributed by atoms with Gasteiger partial charge in [-0.3, -0.25) is 5.10 Å². The average Bonchev–Trinajstić information content (AvgIpc) is 3.09. The highest BCUT2D eigenvalue weighted by atomic mass is 16.5. The number of hydrogen-bond acceptors (Lipinski definition) is 6. The normalized spacial score (nSPS) is 14.9. The molecule has 1 saturated heterocycles. The summed E-state index contributed by atoms with van der Waals surface area (Å²) in [6.45, 7) is 2.02. The Bertz CT molecular complexity index is 575. The van der Waals surface area contributed by atoms with Gasteiger partial charge in [0.15, 0.2) is 5.75 Å². The van der Waals surface area contributed by atoms with E-state index in [9.17, 15) is 0 Å². The summed E-state index contributed by atoms with van der Waals surface area (Å²) in [5.41, 5.74) is 7.22. The number of anilines is 2. The first kappa shape index (κ1) is 11.8. The monoisotopic (exact) mass is 260 g/mol. The van der Waals surface area contributed by atoms with Gasteiger partial charge >= 0.3 is 0 Å². The van der Waals surface area contributed by atoms with Crippen molar-refractivity contribution in [3.63, 3.8) is 0 Å². The molecular weight excluding hydrogens is 244 g/mol. The molecule has 0 radical (unpaired) electrons. The molecule has 3 rings (SSSR count). The summed E-state index contributed by atoms with van der Waals surface area (Å²) in [5, 5.41) is 6.84. The molecule has 0 spiro atoms. The topological polar surface area (TPSA) is 93.0 Å². The van der Waals surface area contributed by atoms with Crippen molar-refractivity contribution in [1.29, 1.82) is 0 Å². The number of aromatic amines is 1. The largest absolute Gasteiger partial charge is 0.493 e. The summed E-state index contributed by atoms with van der Waals surface area (Å²) in [6, 6.07) is 1.91. The molecule has 7 heteroatoms. The minimum Gasteiger partial charge on any atom is -0.493 e. The summed E-state index contributed by atoms with van der Waals surface area (Å²) in [5.74, 6) is 1.76. The number of H-pyrrole nitrogens is 1. The summed E-state index contributed by atoms with van der Waals surface area (Å²) >= 11 is 0. The molecule has 100 valence electrons. The van der Waals surface area contributed by atoms with Gasteiger partial charge in [0.25, 0.3) is 0 Å². The van der Waals surface area contributed by atoms with E-state index in [1.165, 1.54) is 12.8 Å². The van der Waals surface area contributed by atoms with Crippen molar-refractivity contribution in [2.45, 2.75) is 12.8 Å². The van der Waals surface area contributed by atoms with Crippen molar-refractivity contribution in [3.05, 3.63) is 12.3 Å². The van der Waals surface area contributed by atoms with E-state index in [4.69, 9.17) is 10.5 Å². The molecule has 2 aromatic heterocycles. The highest BCUT2D eigenvalue weighted by Crippen LogP contribution is 2.29.